The number of carbonyl (C=O) groups is 2. The van der Waals surface area contributed by atoms with Crippen molar-refractivity contribution in [2.24, 2.45) is 17.3 Å². The zero-order valence-corrected chi connectivity index (χ0v) is 22.1. The van der Waals surface area contributed by atoms with E-state index in [1.165, 1.54) is 0 Å². The zero-order chi connectivity index (χ0) is 25.6. The van der Waals surface area contributed by atoms with E-state index < -0.39 is 35.6 Å². The zero-order valence-electron chi connectivity index (χ0n) is 21.3. The third-order valence-electron chi connectivity index (χ3n) is 6.52. The van der Waals surface area contributed by atoms with Crippen LogP contribution in [0.1, 0.15) is 65.1 Å². The number of hydrogen-bond acceptors (Lipinski definition) is 8. The van der Waals surface area contributed by atoms with Crippen molar-refractivity contribution in [2.75, 3.05) is 13.2 Å². The number of aromatic nitrogens is 1. The summed E-state index contributed by atoms with van der Waals surface area (Å²) >= 11 is 1.55. The molecule has 0 spiro atoms. The minimum Gasteiger partial charge on any atom is -0.457 e. The van der Waals surface area contributed by atoms with Crippen LogP contribution in [-0.2, 0) is 19.1 Å². The lowest BCUT2D eigenvalue weighted by Gasteiger charge is -2.34. The molecule has 2 heterocycles. The minimum atomic E-state index is -1.25. The van der Waals surface area contributed by atoms with Gasteiger partial charge in [0, 0.05) is 23.6 Å². The van der Waals surface area contributed by atoms with Crippen molar-refractivity contribution >= 4 is 29.2 Å². The standard InChI is InChI=1S/C26H39NO6S/c1-15-8-9-21(16(2)10-20-14-34-19(5)27-20)33-23(29)11-22(28)26(6,7)25(31)18(4)24(30)17(3)13-32-12-15/h8,10,14,17-18,21-22,24,28,30H,9,11-13H2,1-7H3/b15-8-,16-10+/t17-,18+,21?,22+,24-/m1/s1. The first-order valence-corrected chi connectivity index (χ1v) is 12.6. The summed E-state index contributed by atoms with van der Waals surface area (Å²) in [4.78, 5) is 30.4. The summed E-state index contributed by atoms with van der Waals surface area (Å²) in [7, 11) is 0. The van der Waals surface area contributed by atoms with Gasteiger partial charge < -0.3 is 19.7 Å². The lowest BCUT2D eigenvalue weighted by Crippen LogP contribution is -2.46. The number of aliphatic hydroxyl groups is 2. The normalized spacial score (nSPS) is 32.1. The van der Waals surface area contributed by atoms with E-state index in [2.05, 4.69) is 4.98 Å². The highest BCUT2D eigenvalue weighted by atomic mass is 32.1. The predicted molar refractivity (Wildman–Crippen MR) is 133 cm³/mol. The molecule has 2 N–H and O–H groups in total. The smallest absolute Gasteiger partial charge is 0.309 e. The van der Waals surface area contributed by atoms with Crippen molar-refractivity contribution in [1.29, 1.82) is 0 Å². The molecule has 0 amide bonds. The summed E-state index contributed by atoms with van der Waals surface area (Å²) in [6, 6.07) is 0. The maximum absolute atomic E-state index is 13.1. The number of esters is 1. The lowest BCUT2D eigenvalue weighted by molar-refractivity contribution is -0.154. The van der Waals surface area contributed by atoms with E-state index in [0.717, 1.165) is 21.8 Å². The molecule has 0 radical (unpaired) electrons. The van der Waals surface area contributed by atoms with Gasteiger partial charge in [0.2, 0.25) is 0 Å². The van der Waals surface area contributed by atoms with Crippen molar-refractivity contribution in [2.45, 2.75) is 79.6 Å². The largest absolute Gasteiger partial charge is 0.457 e. The molecule has 0 saturated heterocycles. The molecule has 0 aliphatic carbocycles. The van der Waals surface area contributed by atoms with Gasteiger partial charge in [-0.1, -0.05) is 39.3 Å². The molecule has 8 heteroatoms. The summed E-state index contributed by atoms with van der Waals surface area (Å²) in [5, 5.41) is 24.4. The average Bonchev–Trinajstić information content (AvgIpc) is 3.18. The van der Waals surface area contributed by atoms with Crippen LogP contribution in [0.25, 0.3) is 6.08 Å². The molecule has 7 nitrogen and oxygen atoms in total. The third-order valence-corrected chi connectivity index (χ3v) is 7.31. The molecule has 1 aromatic rings. The van der Waals surface area contributed by atoms with Crippen LogP contribution < -0.4 is 0 Å². The number of aliphatic hydroxyl groups excluding tert-OH is 2. The molecule has 34 heavy (non-hydrogen) atoms. The fourth-order valence-corrected chi connectivity index (χ4v) is 4.56. The van der Waals surface area contributed by atoms with Gasteiger partial charge in [-0.15, -0.1) is 11.3 Å². The molecular weight excluding hydrogens is 454 g/mol. The van der Waals surface area contributed by atoms with E-state index in [4.69, 9.17) is 9.47 Å². The van der Waals surface area contributed by atoms with Crippen LogP contribution in [0.3, 0.4) is 0 Å². The Morgan fingerprint density at radius 1 is 1.24 bits per heavy atom. The molecule has 1 aromatic heterocycles. The van der Waals surface area contributed by atoms with E-state index in [1.807, 2.05) is 45.2 Å². The number of carbonyl (C=O) groups excluding carboxylic acids is 2. The van der Waals surface area contributed by atoms with Gasteiger partial charge in [-0.2, -0.15) is 0 Å². The van der Waals surface area contributed by atoms with Gasteiger partial charge in [-0.25, -0.2) is 4.98 Å². The Morgan fingerprint density at radius 3 is 2.53 bits per heavy atom. The third kappa shape index (κ3) is 7.57. The molecule has 0 saturated carbocycles. The van der Waals surface area contributed by atoms with Gasteiger partial charge in [-0.3, -0.25) is 9.59 Å². The number of ketones is 1. The van der Waals surface area contributed by atoms with Gasteiger partial charge in [0.25, 0.3) is 0 Å². The van der Waals surface area contributed by atoms with Crippen LogP contribution in [0, 0.1) is 24.2 Å². The number of nitrogens with zero attached hydrogens (tertiary/aromatic N) is 1. The fourth-order valence-electron chi connectivity index (χ4n) is 3.99. The first kappa shape index (κ1) is 28.4. The van der Waals surface area contributed by atoms with Crippen LogP contribution in [0.2, 0.25) is 0 Å². The Bertz CT molecular complexity index is 918. The maximum Gasteiger partial charge on any atom is 0.309 e. The van der Waals surface area contributed by atoms with Gasteiger partial charge in [-0.05, 0) is 32.4 Å². The predicted octanol–water partition coefficient (Wildman–Crippen LogP) is 4.11. The Hall–Kier alpha value is -1.87. The molecule has 5 atom stereocenters. The monoisotopic (exact) mass is 493 g/mol. The highest BCUT2D eigenvalue weighted by Gasteiger charge is 2.42. The molecule has 0 fully saturated rings. The summed E-state index contributed by atoms with van der Waals surface area (Å²) in [5.74, 6) is -1.88. The Labute approximate surface area is 206 Å². The van der Waals surface area contributed by atoms with Crippen molar-refractivity contribution in [3.63, 3.8) is 0 Å². The number of rotatable bonds is 2. The van der Waals surface area contributed by atoms with Crippen LogP contribution in [0.4, 0.5) is 0 Å². The minimum absolute atomic E-state index is 0.267. The van der Waals surface area contributed by atoms with E-state index >= 15 is 0 Å². The Kier molecular flexibility index (Phi) is 10.2. The van der Waals surface area contributed by atoms with E-state index in [9.17, 15) is 19.8 Å². The number of aryl methyl sites for hydroxylation is 1. The second-order valence-corrected chi connectivity index (χ2v) is 11.1. The topological polar surface area (TPSA) is 106 Å². The number of ether oxygens (including phenoxy) is 2. The fraction of sp³-hybridized carbons (Fsp3) is 0.654. The maximum atomic E-state index is 13.1. The van der Waals surface area contributed by atoms with E-state index in [0.29, 0.717) is 19.6 Å². The van der Waals surface area contributed by atoms with Gasteiger partial charge in [0.05, 0.1) is 48.0 Å². The highest BCUT2D eigenvalue weighted by Crippen LogP contribution is 2.31. The number of Topliss-reactive ketones (excluding diaryl/α,β-unsaturated/α-hetero) is 1. The van der Waals surface area contributed by atoms with Crippen LogP contribution in [-0.4, -0.2) is 58.5 Å². The molecule has 0 bridgehead atoms. The molecule has 190 valence electrons. The molecular formula is C26H39NO6S. The van der Waals surface area contributed by atoms with E-state index in [1.54, 1.807) is 32.1 Å². The van der Waals surface area contributed by atoms with Crippen LogP contribution in [0.5, 0.6) is 0 Å². The van der Waals surface area contributed by atoms with Crippen molar-refractivity contribution in [1.82, 2.24) is 4.98 Å². The molecule has 2 rings (SSSR count). The Balaban J connectivity index is 2.33. The van der Waals surface area contributed by atoms with Crippen molar-refractivity contribution < 1.29 is 29.3 Å². The van der Waals surface area contributed by atoms with Crippen molar-refractivity contribution in [3.05, 3.63) is 33.3 Å². The van der Waals surface area contributed by atoms with Gasteiger partial charge in [0.15, 0.2) is 0 Å². The summed E-state index contributed by atoms with van der Waals surface area (Å²) in [5.41, 5.74) is 1.38. The van der Waals surface area contributed by atoms with Gasteiger partial charge >= 0.3 is 5.97 Å². The number of cyclic esters (lactones) is 1. The summed E-state index contributed by atoms with van der Waals surface area (Å²) in [6.07, 6.45) is 1.29. The second kappa shape index (κ2) is 12.2. The SMILES string of the molecule is C/C1=C/CC(/C(C)=C/c2csc(C)n2)OC(=O)C[C@H](O)C(C)(C)C(=O)[C@@H](C)[C@H](O)[C@H](C)COC1. The second-order valence-electron chi connectivity index (χ2n) is 10.0. The quantitative estimate of drug-likeness (QED) is 0.472. The van der Waals surface area contributed by atoms with Gasteiger partial charge in [0.1, 0.15) is 11.9 Å². The molecule has 1 unspecified atom stereocenters. The van der Waals surface area contributed by atoms with Crippen molar-refractivity contribution in [3.8, 4) is 0 Å². The van der Waals surface area contributed by atoms with E-state index in [-0.39, 0.29) is 18.1 Å². The molecule has 1 aliphatic heterocycles. The highest BCUT2D eigenvalue weighted by molar-refractivity contribution is 7.09. The average molecular weight is 494 g/mol. The molecule has 1 aliphatic rings. The first-order valence-electron chi connectivity index (χ1n) is 11.8. The van der Waals surface area contributed by atoms with Crippen LogP contribution >= 0.6 is 11.3 Å². The van der Waals surface area contributed by atoms with Crippen LogP contribution in [0.15, 0.2) is 22.6 Å². The summed E-state index contributed by atoms with van der Waals surface area (Å²) in [6.45, 7) is 13.1. The molecule has 0 aromatic carbocycles. The first-order chi connectivity index (χ1) is 15.8. The summed E-state index contributed by atoms with van der Waals surface area (Å²) < 4.78 is 11.5. The number of thiazole rings is 1. The lowest BCUT2D eigenvalue weighted by atomic mass is 9.73. The number of hydrogen-bond donors (Lipinski definition) is 2. The Morgan fingerprint density at radius 2 is 1.91 bits per heavy atom.